The number of hydrogen-bond donors (Lipinski definition) is 3. The number of rotatable bonds is 6. The van der Waals surface area contributed by atoms with E-state index in [1.54, 1.807) is 32.3 Å². The first-order chi connectivity index (χ1) is 20.4. The van der Waals surface area contributed by atoms with E-state index >= 15 is 0 Å². The largest absolute Gasteiger partial charge is 0.439 e. The molecular formula is C33H49N3O7. The number of carbonyl (C=O) groups is 4. The van der Waals surface area contributed by atoms with Crippen LogP contribution in [-0.2, 0) is 28.6 Å². The number of ketones is 2. The second-order valence-corrected chi connectivity index (χ2v) is 10.5. The van der Waals surface area contributed by atoms with Crippen LogP contribution in [0.25, 0.3) is 0 Å². The number of ether oxygens (including phenoxy) is 3. The van der Waals surface area contributed by atoms with Gasteiger partial charge in [0.2, 0.25) is 11.6 Å². The van der Waals surface area contributed by atoms with Crippen LogP contribution in [0.2, 0.25) is 0 Å². The molecule has 2 rings (SSSR count). The summed E-state index contributed by atoms with van der Waals surface area (Å²) in [5.74, 6) is -1.34. The summed E-state index contributed by atoms with van der Waals surface area (Å²) in [6, 6.07) is 0. The Labute approximate surface area is 256 Å². The number of methoxy groups -OCH3 is 2. The number of Topliss-reactive ketones (excluding diaryl/α,β-unsaturated/α-hetero) is 1. The molecule has 1 aliphatic heterocycles. The Morgan fingerprint density at radius 1 is 1.14 bits per heavy atom. The third-order valence-corrected chi connectivity index (χ3v) is 7.01. The van der Waals surface area contributed by atoms with E-state index in [1.165, 1.54) is 13.2 Å². The zero-order valence-electron chi connectivity index (χ0n) is 26.8. The number of nitrogens with two attached hydrogens (primary N) is 1. The van der Waals surface area contributed by atoms with Crippen LogP contribution in [0.5, 0.6) is 0 Å². The van der Waals surface area contributed by atoms with Gasteiger partial charge in [0, 0.05) is 38.0 Å². The maximum absolute atomic E-state index is 13.5. The number of allylic oxidation sites excluding steroid dienone is 5. The van der Waals surface area contributed by atoms with E-state index < -0.39 is 35.8 Å². The molecule has 4 N–H and O–H groups in total. The van der Waals surface area contributed by atoms with E-state index in [2.05, 4.69) is 17.2 Å². The van der Waals surface area contributed by atoms with Gasteiger partial charge in [-0.25, -0.2) is 4.79 Å². The number of fused-ring (bicyclic) bond motifs is 2. The summed E-state index contributed by atoms with van der Waals surface area (Å²) >= 11 is 0. The average molecular weight is 600 g/mol. The van der Waals surface area contributed by atoms with Crippen LogP contribution in [0, 0.1) is 11.8 Å². The topological polar surface area (TPSA) is 146 Å². The molecule has 0 saturated heterocycles. The Bertz CT molecular complexity index is 1180. The van der Waals surface area contributed by atoms with Crippen LogP contribution in [0.3, 0.4) is 0 Å². The molecule has 43 heavy (non-hydrogen) atoms. The lowest BCUT2D eigenvalue weighted by Gasteiger charge is -2.26. The van der Waals surface area contributed by atoms with Crippen molar-refractivity contribution in [2.45, 2.75) is 79.1 Å². The predicted octanol–water partition coefficient (Wildman–Crippen LogP) is 4.59. The summed E-state index contributed by atoms with van der Waals surface area (Å²) in [5.41, 5.74) is 6.84. The normalized spacial score (nSPS) is 29.0. The van der Waals surface area contributed by atoms with Gasteiger partial charge in [-0.1, -0.05) is 58.1 Å². The second-order valence-electron chi connectivity index (χ2n) is 10.5. The summed E-state index contributed by atoms with van der Waals surface area (Å²) in [5, 5.41) is 5.60. The Hall–Kier alpha value is -3.76. The van der Waals surface area contributed by atoms with Crippen LogP contribution in [0.4, 0.5) is 4.79 Å². The molecule has 0 saturated carbocycles. The van der Waals surface area contributed by atoms with Crippen molar-refractivity contribution in [2.75, 3.05) is 20.8 Å². The van der Waals surface area contributed by atoms with Crippen molar-refractivity contribution < 1.29 is 33.4 Å². The molecule has 10 heteroatoms. The van der Waals surface area contributed by atoms with Gasteiger partial charge in [-0.05, 0) is 50.5 Å². The van der Waals surface area contributed by atoms with Gasteiger partial charge in [0.25, 0.3) is 5.91 Å². The lowest BCUT2D eigenvalue weighted by Crippen LogP contribution is -2.36. The standard InChI is InChI=1S/C31H43N3O7.C2H6/c1-8-12-33-27-23-16-19(3)15-22(39-6)14-18(2)13-21(5)29(41-31(32)38)26(40-7)11-9-10-20(4)30(37)34-24(28(23)36)17-25(27)35;1-2/h8-11,13,17-19,22,26,29,33H,1,12,14-16H2,2-7H3,(H2,32,38)(H,34,37);1-2H3/b11-9-,20-10+,21-13+;/t18-,19?,22?,26?,29?;/m0./s1. The molecule has 238 valence electrons. The smallest absolute Gasteiger partial charge is 0.405 e. The van der Waals surface area contributed by atoms with Gasteiger partial charge in [0.15, 0.2) is 6.10 Å². The van der Waals surface area contributed by atoms with Gasteiger partial charge in [-0.15, -0.1) is 6.58 Å². The molecular weight excluding hydrogens is 550 g/mol. The summed E-state index contributed by atoms with van der Waals surface area (Å²) in [7, 11) is 3.11. The minimum absolute atomic E-state index is 0.0312. The second kappa shape index (κ2) is 18.7. The molecule has 0 aromatic heterocycles. The fraction of sp³-hybridized carbons (Fsp3) is 0.515. The van der Waals surface area contributed by atoms with E-state index in [0.29, 0.717) is 31.4 Å². The minimum atomic E-state index is -0.936. The Morgan fingerprint density at radius 3 is 2.40 bits per heavy atom. The zero-order chi connectivity index (χ0) is 32.7. The number of primary amides is 1. The highest BCUT2D eigenvalue weighted by molar-refractivity contribution is 6.23. The van der Waals surface area contributed by atoms with E-state index in [1.807, 2.05) is 40.7 Å². The molecule has 1 aliphatic carbocycles. The Kier molecular flexibility index (Phi) is 16.2. The van der Waals surface area contributed by atoms with E-state index in [0.717, 1.165) is 11.6 Å². The number of amides is 2. The van der Waals surface area contributed by atoms with Crippen LogP contribution >= 0.6 is 0 Å². The number of carbonyl (C=O) groups excluding carboxylic acids is 4. The van der Waals surface area contributed by atoms with Gasteiger partial charge in [-0.3, -0.25) is 14.4 Å². The minimum Gasteiger partial charge on any atom is -0.439 e. The molecule has 5 atom stereocenters. The average Bonchev–Trinajstić information content (AvgIpc) is 2.96. The first-order valence-corrected chi connectivity index (χ1v) is 14.7. The third kappa shape index (κ3) is 11.4. The first kappa shape index (κ1) is 37.3. The summed E-state index contributed by atoms with van der Waals surface area (Å²) in [4.78, 5) is 51.2. The molecule has 0 aromatic carbocycles. The van der Waals surface area contributed by atoms with Gasteiger partial charge < -0.3 is 30.6 Å². The first-order valence-electron chi connectivity index (χ1n) is 14.7. The molecule has 2 aliphatic rings. The van der Waals surface area contributed by atoms with Crippen molar-refractivity contribution in [1.29, 1.82) is 0 Å². The van der Waals surface area contributed by atoms with Crippen molar-refractivity contribution in [2.24, 2.45) is 17.6 Å². The maximum atomic E-state index is 13.5. The predicted molar refractivity (Wildman–Crippen MR) is 168 cm³/mol. The van der Waals surface area contributed by atoms with Gasteiger partial charge in [0.1, 0.15) is 6.10 Å². The highest BCUT2D eigenvalue weighted by atomic mass is 16.6. The van der Waals surface area contributed by atoms with Crippen molar-refractivity contribution in [3.8, 4) is 0 Å². The van der Waals surface area contributed by atoms with Crippen molar-refractivity contribution in [3.63, 3.8) is 0 Å². The molecule has 10 nitrogen and oxygen atoms in total. The van der Waals surface area contributed by atoms with Crippen LogP contribution in [0.15, 0.2) is 71.1 Å². The van der Waals surface area contributed by atoms with Gasteiger partial charge in [0.05, 0.1) is 17.5 Å². The molecule has 1 heterocycles. The number of hydrogen-bond acceptors (Lipinski definition) is 8. The highest BCUT2D eigenvalue weighted by Crippen LogP contribution is 2.28. The van der Waals surface area contributed by atoms with Crippen molar-refractivity contribution in [1.82, 2.24) is 10.6 Å². The molecule has 0 spiro atoms. The Balaban J connectivity index is 0.00000452. The van der Waals surface area contributed by atoms with Crippen LogP contribution in [-0.4, -0.2) is 62.6 Å². The molecule has 2 amide bonds. The maximum Gasteiger partial charge on any atom is 0.405 e. The fourth-order valence-corrected chi connectivity index (χ4v) is 5.00. The third-order valence-electron chi connectivity index (χ3n) is 7.01. The van der Waals surface area contributed by atoms with E-state index in [-0.39, 0.29) is 34.9 Å². The van der Waals surface area contributed by atoms with Crippen molar-refractivity contribution >= 4 is 23.6 Å². The van der Waals surface area contributed by atoms with Crippen LogP contribution < -0.4 is 16.4 Å². The molecule has 4 unspecified atom stereocenters. The molecule has 0 radical (unpaired) electrons. The number of nitrogens with one attached hydrogen (secondary N) is 2. The fourth-order valence-electron chi connectivity index (χ4n) is 5.00. The molecule has 2 bridgehead atoms. The highest BCUT2D eigenvalue weighted by Gasteiger charge is 2.31. The van der Waals surface area contributed by atoms with Crippen LogP contribution in [0.1, 0.15) is 60.8 Å². The monoisotopic (exact) mass is 599 g/mol. The van der Waals surface area contributed by atoms with Gasteiger partial charge >= 0.3 is 6.09 Å². The van der Waals surface area contributed by atoms with E-state index in [9.17, 15) is 19.2 Å². The zero-order valence-corrected chi connectivity index (χ0v) is 26.8. The summed E-state index contributed by atoms with van der Waals surface area (Å²) in [6.07, 6.45) is 8.54. The van der Waals surface area contributed by atoms with Gasteiger partial charge in [-0.2, -0.15) is 0 Å². The lowest BCUT2D eigenvalue weighted by molar-refractivity contribution is -0.120. The van der Waals surface area contributed by atoms with E-state index in [4.69, 9.17) is 19.9 Å². The molecule has 0 aromatic rings. The summed E-state index contributed by atoms with van der Waals surface area (Å²) in [6.45, 7) is 15.4. The quantitative estimate of drug-likeness (QED) is 0.297. The van der Waals surface area contributed by atoms with Crippen molar-refractivity contribution in [3.05, 3.63) is 71.1 Å². The Morgan fingerprint density at radius 2 is 1.81 bits per heavy atom. The summed E-state index contributed by atoms with van der Waals surface area (Å²) < 4.78 is 16.8. The lowest BCUT2D eigenvalue weighted by atomic mass is 9.86. The molecule has 0 fully saturated rings. The SMILES string of the molecule is C=CCNC1=C2CC(C)CC(OC)C[C@@H](C)/C=C(\C)C(OC(N)=O)C(OC)/C=C\C=C(/C)C(=O)NC(=CC1=O)C2=O.CC.